The summed E-state index contributed by atoms with van der Waals surface area (Å²) in [6.45, 7) is 11.1. The van der Waals surface area contributed by atoms with E-state index < -0.39 is 15.1 Å². The van der Waals surface area contributed by atoms with E-state index in [0.29, 0.717) is 17.9 Å². The Morgan fingerprint density at radius 2 is 1.60 bits per heavy atom. The van der Waals surface area contributed by atoms with Crippen molar-refractivity contribution >= 4 is 15.8 Å². The van der Waals surface area contributed by atoms with Crippen LogP contribution in [0.1, 0.15) is 86.0 Å². The van der Waals surface area contributed by atoms with Crippen LogP contribution in [0.4, 0.5) is 0 Å². The standard InChI is InChI=1S/C33H48O6S/c1-26(20-22-37-30(5)34)13-11-14-27(2)23-32(40(35,36)31-17-7-6-8-18-31)24-28(3)15-12-16-29(4)25-39-33-19-9-10-21-38-33/h6-8,14,16-18,20,24,32-33H,9-13,15,19,21-23,25H2,1-5H3/b26-20+,27-14+,28-24+,29-16+. The van der Waals surface area contributed by atoms with Crippen LogP contribution in [0.3, 0.4) is 0 Å². The van der Waals surface area contributed by atoms with Gasteiger partial charge in [0.2, 0.25) is 0 Å². The highest BCUT2D eigenvalue weighted by Gasteiger charge is 2.26. The third-order valence-corrected chi connectivity index (χ3v) is 8.91. The lowest BCUT2D eigenvalue weighted by Gasteiger charge is -2.22. The second-order valence-corrected chi connectivity index (χ2v) is 12.9. The minimum absolute atomic E-state index is 0.0975. The van der Waals surface area contributed by atoms with E-state index in [1.165, 1.54) is 6.92 Å². The van der Waals surface area contributed by atoms with Gasteiger partial charge in [-0.25, -0.2) is 8.42 Å². The van der Waals surface area contributed by atoms with Gasteiger partial charge in [-0.1, -0.05) is 58.7 Å². The summed E-state index contributed by atoms with van der Waals surface area (Å²) in [5, 5.41) is -0.636. The molecule has 0 saturated carbocycles. The summed E-state index contributed by atoms with van der Waals surface area (Å²) in [7, 11) is -3.54. The molecular weight excluding hydrogens is 524 g/mol. The predicted octanol–water partition coefficient (Wildman–Crippen LogP) is 7.67. The zero-order valence-corrected chi connectivity index (χ0v) is 25.8. The lowest BCUT2D eigenvalue weighted by atomic mass is 10.0. The fourth-order valence-electron chi connectivity index (χ4n) is 4.47. The van der Waals surface area contributed by atoms with E-state index in [9.17, 15) is 13.2 Å². The number of sulfone groups is 1. The second kappa shape index (κ2) is 18.1. The number of allylic oxidation sites excluding steroid dienone is 5. The van der Waals surface area contributed by atoms with Gasteiger partial charge in [-0.05, 0) is 97.3 Å². The smallest absolute Gasteiger partial charge is 0.302 e. The van der Waals surface area contributed by atoms with Gasteiger partial charge in [-0.2, -0.15) is 0 Å². The highest BCUT2D eigenvalue weighted by Crippen LogP contribution is 2.25. The molecule has 2 unspecified atom stereocenters. The molecule has 1 fully saturated rings. The van der Waals surface area contributed by atoms with Gasteiger partial charge >= 0.3 is 5.97 Å². The van der Waals surface area contributed by atoms with Crippen molar-refractivity contribution < 1.29 is 27.4 Å². The van der Waals surface area contributed by atoms with Gasteiger partial charge in [0, 0.05) is 13.5 Å². The summed E-state index contributed by atoms with van der Waals surface area (Å²) < 4.78 is 43.7. The average molecular weight is 573 g/mol. The van der Waals surface area contributed by atoms with Crippen molar-refractivity contribution in [3.8, 4) is 0 Å². The van der Waals surface area contributed by atoms with Gasteiger partial charge in [0.05, 0.1) is 16.8 Å². The van der Waals surface area contributed by atoms with Crippen molar-refractivity contribution in [2.75, 3.05) is 19.8 Å². The molecule has 7 heteroatoms. The monoisotopic (exact) mass is 572 g/mol. The number of rotatable bonds is 16. The Balaban J connectivity index is 2.03. The molecular formula is C33H48O6S. The van der Waals surface area contributed by atoms with Crippen LogP contribution in [0, 0.1) is 0 Å². The van der Waals surface area contributed by atoms with Crippen molar-refractivity contribution in [2.24, 2.45) is 0 Å². The van der Waals surface area contributed by atoms with Crippen LogP contribution < -0.4 is 0 Å². The van der Waals surface area contributed by atoms with Crippen molar-refractivity contribution in [3.63, 3.8) is 0 Å². The number of hydrogen-bond donors (Lipinski definition) is 0. The number of benzene rings is 1. The van der Waals surface area contributed by atoms with E-state index in [1.54, 1.807) is 24.3 Å². The summed E-state index contributed by atoms with van der Waals surface area (Å²) in [5.74, 6) is -0.293. The summed E-state index contributed by atoms with van der Waals surface area (Å²) in [4.78, 5) is 11.3. The molecule has 2 rings (SSSR count). The second-order valence-electron chi connectivity index (χ2n) is 10.8. The number of carbonyl (C=O) groups is 1. The van der Waals surface area contributed by atoms with E-state index in [0.717, 1.165) is 73.8 Å². The van der Waals surface area contributed by atoms with Crippen LogP contribution in [-0.2, 0) is 28.8 Å². The molecule has 6 nitrogen and oxygen atoms in total. The van der Waals surface area contributed by atoms with Crippen LogP contribution in [0.5, 0.6) is 0 Å². The molecule has 1 saturated heterocycles. The van der Waals surface area contributed by atoms with Crippen LogP contribution in [0.25, 0.3) is 0 Å². The zero-order valence-electron chi connectivity index (χ0n) is 25.0. The molecule has 0 N–H and O–H groups in total. The highest BCUT2D eigenvalue weighted by molar-refractivity contribution is 7.92. The number of esters is 1. The average Bonchev–Trinajstić information content (AvgIpc) is 2.92. The Hall–Kier alpha value is -2.48. The molecule has 1 aliphatic rings. The molecule has 0 bridgehead atoms. The third kappa shape index (κ3) is 13.2. The molecule has 1 aromatic rings. The lowest BCUT2D eigenvalue weighted by Crippen LogP contribution is -2.22. The van der Waals surface area contributed by atoms with Crippen molar-refractivity contribution in [3.05, 3.63) is 76.9 Å². The molecule has 2 atom stereocenters. The van der Waals surface area contributed by atoms with Gasteiger partial charge in [0.1, 0.15) is 6.61 Å². The van der Waals surface area contributed by atoms with Crippen LogP contribution in [-0.4, -0.2) is 45.7 Å². The Bertz CT molecular complexity index is 1140. The topological polar surface area (TPSA) is 78.9 Å². The zero-order chi connectivity index (χ0) is 29.4. The summed E-state index contributed by atoms with van der Waals surface area (Å²) >= 11 is 0. The molecule has 0 amide bonds. The Labute approximate surface area is 242 Å². The van der Waals surface area contributed by atoms with Crippen molar-refractivity contribution in [1.82, 2.24) is 0 Å². The van der Waals surface area contributed by atoms with Gasteiger partial charge in [-0.15, -0.1) is 0 Å². The summed E-state index contributed by atoms with van der Waals surface area (Å²) in [6, 6.07) is 8.70. The fourth-order valence-corrected chi connectivity index (χ4v) is 6.25. The maximum atomic E-state index is 13.6. The summed E-state index contributed by atoms with van der Waals surface area (Å²) in [5.41, 5.74) is 4.39. The first-order valence-corrected chi connectivity index (χ1v) is 15.9. The van der Waals surface area contributed by atoms with E-state index in [-0.39, 0.29) is 18.9 Å². The van der Waals surface area contributed by atoms with Gasteiger partial charge in [0.25, 0.3) is 0 Å². The molecule has 0 radical (unpaired) electrons. The quantitative estimate of drug-likeness (QED) is 0.149. The molecule has 1 heterocycles. The molecule has 0 spiro atoms. The predicted molar refractivity (Wildman–Crippen MR) is 162 cm³/mol. The maximum Gasteiger partial charge on any atom is 0.302 e. The van der Waals surface area contributed by atoms with E-state index in [1.807, 2.05) is 39.0 Å². The van der Waals surface area contributed by atoms with E-state index in [4.69, 9.17) is 14.2 Å². The third-order valence-electron chi connectivity index (χ3n) is 6.88. The molecule has 222 valence electrons. The lowest BCUT2D eigenvalue weighted by molar-refractivity contribution is -0.156. The Kier molecular flexibility index (Phi) is 15.2. The highest BCUT2D eigenvalue weighted by atomic mass is 32.2. The molecule has 0 aromatic heterocycles. The minimum atomic E-state index is -3.54. The molecule has 40 heavy (non-hydrogen) atoms. The number of carbonyl (C=O) groups excluding carboxylic acids is 1. The molecule has 1 aromatic carbocycles. The number of hydrogen-bond acceptors (Lipinski definition) is 6. The normalized spacial score (nSPS) is 18.5. The maximum absolute atomic E-state index is 13.6. The van der Waals surface area contributed by atoms with Crippen LogP contribution in [0.2, 0.25) is 0 Å². The summed E-state index contributed by atoms with van der Waals surface area (Å²) in [6.07, 6.45) is 14.9. The Morgan fingerprint density at radius 1 is 0.925 bits per heavy atom. The minimum Gasteiger partial charge on any atom is -0.462 e. The molecule has 1 aliphatic heterocycles. The SMILES string of the molecule is CC(=O)OC/C=C(\C)CC/C=C(\C)CC(/C=C(\C)CC/C=C(\C)COC1CCCCO1)S(=O)(=O)c1ccccc1. The van der Waals surface area contributed by atoms with Gasteiger partial charge in [0.15, 0.2) is 16.1 Å². The van der Waals surface area contributed by atoms with Crippen LogP contribution >= 0.6 is 0 Å². The van der Waals surface area contributed by atoms with Gasteiger partial charge in [-0.3, -0.25) is 4.79 Å². The van der Waals surface area contributed by atoms with Crippen molar-refractivity contribution in [2.45, 2.75) is 102 Å². The first kappa shape index (κ1) is 33.7. The largest absolute Gasteiger partial charge is 0.462 e. The first-order chi connectivity index (χ1) is 19.1. The first-order valence-electron chi connectivity index (χ1n) is 14.4. The van der Waals surface area contributed by atoms with Gasteiger partial charge < -0.3 is 14.2 Å². The number of ether oxygens (including phenoxy) is 3. The van der Waals surface area contributed by atoms with Crippen molar-refractivity contribution in [1.29, 1.82) is 0 Å². The van der Waals surface area contributed by atoms with Crippen LogP contribution in [0.15, 0.2) is 81.8 Å². The molecule has 0 aliphatic carbocycles. The van der Waals surface area contributed by atoms with E-state index >= 15 is 0 Å². The Morgan fingerprint density at radius 3 is 2.25 bits per heavy atom. The fraction of sp³-hybridized carbons (Fsp3) is 0.545. The van der Waals surface area contributed by atoms with E-state index in [2.05, 4.69) is 19.1 Å².